The van der Waals surface area contributed by atoms with Gasteiger partial charge in [-0.1, -0.05) is 18.2 Å². The Morgan fingerprint density at radius 3 is 2.92 bits per heavy atom. The zero-order valence-electron chi connectivity index (χ0n) is 14.3. The van der Waals surface area contributed by atoms with Gasteiger partial charge in [0.05, 0.1) is 17.7 Å². The van der Waals surface area contributed by atoms with E-state index in [0.29, 0.717) is 12.2 Å². The third-order valence-electron chi connectivity index (χ3n) is 4.11. The fraction of sp³-hybridized carbons (Fsp3) is 0.150. The summed E-state index contributed by atoms with van der Waals surface area (Å²) in [5.41, 5.74) is 7.62. The van der Waals surface area contributed by atoms with Crippen LogP contribution in [0.2, 0.25) is 0 Å². The average Bonchev–Trinajstić information content (AvgIpc) is 2.64. The van der Waals surface area contributed by atoms with Crippen LogP contribution in [0.1, 0.15) is 34.5 Å². The minimum atomic E-state index is -0.785. The van der Waals surface area contributed by atoms with Gasteiger partial charge in [-0.3, -0.25) is 20.1 Å². The van der Waals surface area contributed by atoms with Gasteiger partial charge in [0.25, 0.3) is 5.91 Å². The quantitative estimate of drug-likeness (QED) is 0.670. The summed E-state index contributed by atoms with van der Waals surface area (Å²) in [5, 5.41) is 4.38. The molecule has 1 amide bonds. The van der Waals surface area contributed by atoms with E-state index in [-0.39, 0.29) is 11.6 Å². The molecule has 0 bridgehead atoms. The molecule has 2 aromatic carbocycles. The Bertz CT molecular complexity index is 971. The molecule has 5 nitrogen and oxygen atoms in total. The van der Waals surface area contributed by atoms with Crippen molar-refractivity contribution in [3.05, 3.63) is 77.2 Å². The summed E-state index contributed by atoms with van der Waals surface area (Å²) in [6.07, 6.45) is 3.33. The fourth-order valence-electron chi connectivity index (χ4n) is 2.63. The van der Waals surface area contributed by atoms with Crippen molar-refractivity contribution in [2.75, 3.05) is 6.67 Å². The van der Waals surface area contributed by atoms with Crippen molar-refractivity contribution in [1.29, 1.82) is 0 Å². The molecular weight excluding hydrogens is 331 g/mol. The third kappa shape index (κ3) is 4.10. The normalized spacial score (nSPS) is 12.5. The van der Waals surface area contributed by atoms with E-state index in [2.05, 4.69) is 21.4 Å². The molecule has 0 saturated heterocycles. The first-order valence-electron chi connectivity index (χ1n) is 8.22. The lowest BCUT2D eigenvalue weighted by atomic mass is 10.1. The molecule has 1 aromatic heterocycles. The molecule has 0 aliphatic rings. The zero-order valence-corrected chi connectivity index (χ0v) is 14.3. The molecule has 132 valence electrons. The predicted octanol–water partition coefficient (Wildman–Crippen LogP) is 3.20. The Labute approximate surface area is 150 Å². The summed E-state index contributed by atoms with van der Waals surface area (Å²) < 4.78 is 13.7. The van der Waals surface area contributed by atoms with Gasteiger partial charge in [0.2, 0.25) is 0 Å². The minimum absolute atomic E-state index is 0.103. The largest absolute Gasteiger partial charge is 0.366 e. The van der Waals surface area contributed by atoms with E-state index < -0.39 is 11.7 Å². The van der Waals surface area contributed by atoms with Gasteiger partial charge in [0, 0.05) is 23.8 Å². The predicted molar refractivity (Wildman–Crippen MR) is 101 cm³/mol. The number of primary amides is 1. The molecule has 26 heavy (non-hydrogen) atoms. The average molecular weight is 350 g/mol. The van der Waals surface area contributed by atoms with E-state index in [1.54, 1.807) is 18.5 Å². The maximum absolute atomic E-state index is 13.7. The van der Waals surface area contributed by atoms with Crippen molar-refractivity contribution in [1.82, 2.24) is 10.3 Å². The molecule has 0 spiro atoms. The number of benzene rings is 2. The van der Waals surface area contributed by atoms with Crippen LogP contribution in [0.15, 0.2) is 59.7 Å². The van der Waals surface area contributed by atoms with Gasteiger partial charge < -0.3 is 5.73 Å². The van der Waals surface area contributed by atoms with Crippen LogP contribution in [0.5, 0.6) is 0 Å². The highest BCUT2D eigenvalue weighted by Crippen LogP contribution is 2.18. The van der Waals surface area contributed by atoms with Crippen LogP contribution in [-0.4, -0.2) is 23.8 Å². The second-order valence-electron chi connectivity index (χ2n) is 5.95. The monoisotopic (exact) mass is 350 g/mol. The lowest BCUT2D eigenvalue weighted by Gasteiger charge is -2.13. The summed E-state index contributed by atoms with van der Waals surface area (Å²) in [6, 6.07) is 14.4. The van der Waals surface area contributed by atoms with Crippen LogP contribution in [-0.2, 0) is 0 Å². The number of nitrogens with zero attached hydrogens (tertiary/aromatic N) is 2. The first-order valence-corrected chi connectivity index (χ1v) is 8.22. The van der Waals surface area contributed by atoms with Gasteiger partial charge in [-0.25, -0.2) is 4.39 Å². The minimum Gasteiger partial charge on any atom is -0.366 e. The second kappa shape index (κ2) is 7.84. The number of nitrogens with two attached hydrogens (primary N) is 1. The maximum Gasteiger partial charge on any atom is 0.251 e. The maximum atomic E-state index is 13.7. The second-order valence-corrected chi connectivity index (χ2v) is 5.95. The molecular formula is C20H19FN4O. The molecule has 0 aliphatic heterocycles. The highest BCUT2D eigenvalue weighted by molar-refractivity contribution is 5.94. The highest BCUT2D eigenvalue weighted by Gasteiger charge is 2.08. The fourth-order valence-corrected chi connectivity index (χ4v) is 2.63. The van der Waals surface area contributed by atoms with Crippen molar-refractivity contribution < 1.29 is 9.18 Å². The molecule has 0 fully saturated rings. The van der Waals surface area contributed by atoms with E-state index in [4.69, 9.17) is 5.73 Å². The molecule has 3 N–H and O–H groups in total. The number of nitrogens with one attached hydrogen (secondary N) is 1. The van der Waals surface area contributed by atoms with Gasteiger partial charge in [-0.05, 0) is 48.4 Å². The number of hydrogen-bond acceptors (Lipinski definition) is 4. The molecule has 0 saturated carbocycles. The van der Waals surface area contributed by atoms with Crippen molar-refractivity contribution in [3.63, 3.8) is 0 Å². The number of rotatable bonds is 6. The highest BCUT2D eigenvalue weighted by atomic mass is 19.1. The van der Waals surface area contributed by atoms with Gasteiger partial charge in [-0.2, -0.15) is 0 Å². The number of carbonyl (C=O) groups excluding carboxylic acids is 1. The number of halogens is 1. The number of aromatic nitrogens is 1. The van der Waals surface area contributed by atoms with Crippen LogP contribution in [0.25, 0.3) is 10.9 Å². The number of hydrogen-bond donors (Lipinski definition) is 2. The van der Waals surface area contributed by atoms with E-state index in [1.807, 2.05) is 31.2 Å². The summed E-state index contributed by atoms with van der Waals surface area (Å²) in [6.45, 7) is 2.43. The van der Waals surface area contributed by atoms with Gasteiger partial charge >= 0.3 is 0 Å². The lowest BCUT2D eigenvalue weighted by Crippen LogP contribution is -2.18. The molecule has 0 radical (unpaired) electrons. The summed E-state index contributed by atoms with van der Waals surface area (Å²) in [5.74, 6) is -1.43. The Morgan fingerprint density at radius 1 is 1.31 bits per heavy atom. The van der Waals surface area contributed by atoms with Crippen LogP contribution < -0.4 is 11.1 Å². The smallest absolute Gasteiger partial charge is 0.251 e. The Kier molecular flexibility index (Phi) is 5.34. The van der Waals surface area contributed by atoms with Gasteiger partial charge in [-0.15, -0.1) is 0 Å². The number of fused-ring (bicyclic) bond motifs is 1. The molecule has 1 heterocycles. The zero-order chi connectivity index (χ0) is 18.5. The van der Waals surface area contributed by atoms with Crippen molar-refractivity contribution in [2.45, 2.75) is 13.0 Å². The summed E-state index contributed by atoms with van der Waals surface area (Å²) in [4.78, 5) is 19.6. The van der Waals surface area contributed by atoms with E-state index in [9.17, 15) is 9.18 Å². The standard InChI is InChI=1S/C20H19FN4O/c1-13(15-5-7-19-16(10-15)3-2-8-24-19)25-12-23-11-14-4-6-17(20(22)26)18(21)9-14/h2-11,13,25H,12H2,1H3,(H2,22,26). The van der Waals surface area contributed by atoms with E-state index in [0.717, 1.165) is 16.5 Å². The first kappa shape index (κ1) is 17.7. The molecule has 3 rings (SSSR count). The van der Waals surface area contributed by atoms with Gasteiger partial charge in [0.15, 0.2) is 0 Å². The molecule has 1 atom stereocenters. The number of carbonyl (C=O) groups is 1. The van der Waals surface area contributed by atoms with E-state index in [1.165, 1.54) is 12.1 Å². The number of aliphatic imine (C=N–C) groups is 1. The lowest BCUT2D eigenvalue weighted by molar-refractivity contribution is 0.0996. The topological polar surface area (TPSA) is 80.4 Å². The van der Waals surface area contributed by atoms with Crippen LogP contribution in [0.3, 0.4) is 0 Å². The van der Waals surface area contributed by atoms with Crippen LogP contribution >= 0.6 is 0 Å². The number of pyridine rings is 1. The van der Waals surface area contributed by atoms with Crippen LogP contribution in [0, 0.1) is 5.82 Å². The first-order chi connectivity index (χ1) is 12.5. The van der Waals surface area contributed by atoms with Crippen molar-refractivity contribution in [3.8, 4) is 0 Å². The van der Waals surface area contributed by atoms with E-state index >= 15 is 0 Å². The molecule has 1 unspecified atom stereocenters. The summed E-state index contributed by atoms with van der Waals surface area (Å²) in [7, 11) is 0. The molecule has 6 heteroatoms. The van der Waals surface area contributed by atoms with Crippen LogP contribution in [0.4, 0.5) is 4.39 Å². The Hall–Kier alpha value is -3.12. The van der Waals surface area contributed by atoms with Crippen molar-refractivity contribution >= 4 is 23.0 Å². The molecule has 0 aliphatic carbocycles. The number of amides is 1. The van der Waals surface area contributed by atoms with Gasteiger partial charge in [0.1, 0.15) is 5.82 Å². The Morgan fingerprint density at radius 2 is 2.15 bits per heavy atom. The molecule has 3 aromatic rings. The Balaban J connectivity index is 1.60. The summed E-state index contributed by atoms with van der Waals surface area (Å²) >= 11 is 0. The third-order valence-corrected chi connectivity index (χ3v) is 4.11. The van der Waals surface area contributed by atoms with Crippen molar-refractivity contribution in [2.24, 2.45) is 10.7 Å². The SMILES string of the molecule is CC(NCN=Cc1ccc(C(N)=O)c(F)c1)c1ccc2ncccc2c1.